The third-order valence-electron chi connectivity index (χ3n) is 0.905. The zero-order valence-electron chi connectivity index (χ0n) is 5.16. The molecule has 52 valence electrons. The minimum atomic E-state index is 0. The molecule has 10 heavy (non-hydrogen) atoms. The van der Waals surface area contributed by atoms with Gasteiger partial charge in [0.2, 0.25) is 0 Å². The van der Waals surface area contributed by atoms with E-state index < -0.39 is 0 Å². The van der Waals surface area contributed by atoms with Crippen molar-refractivity contribution >= 4 is 24.9 Å². The van der Waals surface area contributed by atoms with Gasteiger partial charge in [0.15, 0.2) is 0 Å². The third kappa shape index (κ3) is 2.87. The van der Waals surface area contributed by atoms with E-state index in [-0.39, 0.29) is 11.0 Å². The minimum Gasteiger partial charge on any atom is -0.870 e. The van der Waals surface area contributed by atoms with Gasteiger partial charge >= 0.3 is 54.2 Å². The molecule has 0 heterocycles. The second-order valence-corrected chi connectivity index (χ2v) is 1.93. The van der Waals surface area contributed by atoms with Crippen molar-refractivity contribution < 1.29 is 11.0 Å². The van der Waals surface area contributed by atoms with Crippen LogP contribution < -0.4 is 5.46 Å². The Balaban J connectivity index is 0. The van der Waals surface area contributed by atoms with E-state index in [0.29, 0.717) is 10.5 Å². The Kier molecular flexibility index (Phi) is 6.46. The van der Waals surface area contributed by atoms with E-state index in [4.69, 9.17) is 19.4 Å². The van der Waals surface area contributed by atoms with Crippen LogP contribution in [0.1, 0.15) is 0 Å². The van der Waals surface area contributed by atoms with E-state index in [2.05, 4.69) is 0 Å². The van der Waals surface area contributed by atoms with Crippen molar-refractivity contribution in [3.63, 3.8) is 0 Å². The standard InChI is InChI=1S/C6H4BCl.2H2O/c7-5-3-1-2-4-6(5)8;;/h1-4H;2*1H2/q+2;;/p-2. The van der Waals surface area contributed by atoms with Gasteiger partial charge in [-0.15, -0.1) is 0 Å². The summed E-state index contributed by atoms with van der Waals surface area (Å²) in [7, 11) is 5.39. The molecule has 0 fully saturated rings. The van der Waals surface area contributed by atoms with Crippen LogP contribution in [0.4, 0.5) is 0 Å². The molecular formula is C6H6BClO2. The van der Waals surface area contributed by atoms with Crippen LogP contribution in [0.3, 0.4) is 0 Å². The van der Waals surface area contributed by atoms with Crippen LogP contribution in [0.15, 0.2) is 24.3 Å². The van der Waals surface area contributed by atoms with Crippen molar-refractivity contribution in [2.75, 3.05) is 0 Å². The summed E-state index contributed by atoms with van der Waals surface area (Å²) in [5, 5.41) is 0.618. The van der Waals surface area contributed by atoms with Gasteiger partial charge in [-0.05, 0) is 0 Å². The van der Waals surface area contributed by atoms with Gasteiger partial charge in [0.05, 0.1) is 0 Å². The average molecular weight is 156 g/mol. The molecule has 2 N–H and O–H groups in total. The first-order valence-corrected chi connectivity index (χ1v) is 2.68. The van der Waals surface area contributed by atoms with Gasteiger partial charge in [-0.1, -0.05) is 0 Å². The second-order valence-electron chi connectivity index (χ2n) is 1.52. The SMILES string of the molecule is [B+2]c1ccccc1Cl.[OH-].[OH-]. The molecule has 0 aliphatic rings. The zero-order valence-corrected chi connectivity index (χ0v) is 5.92. The molecule has 1 aromatic carbocycles. The van der Waals surface area contributed by atoms with E-state index >= 15 is 0 Å². The molecule has 1 rings (SSSR count). The molecule has 0 atom stereocenters. The van der Waals surface area contributed by atoms with Crippen LogP contribution in [0.2, 0.25) is 5.02 Å². The fraction of sp³-hybridized carbons (Fsp3) is 0. The second kappa shape index (κ2) is 5.29. The van der Waals surface area contributed by atoms with E-state index in [1.165, 1.54) is 0 Å². The number of halogens is 1. The first-order valence-electron chi connectivity index (χ1n) is 2.31. The molecule has 0 amide bonds. The normalized spacial score (nSPS) is 7.50. The summed E-state index contributed by atoms with van der Waals surface area (Å²) in [5.41, 5.74) is 0.633. The largest absolute Gasteiger partial charge is 0.870 e. The molecule has 4 heteroatoms. The predicted molar refractivity (Wildman–Crippen MR) is 40.7 cm³/mol. The van der Waals surface area contributed by atoms with Gasteiger partial charge in [-0.3, -0.25) is 0 Å². The maximum atomic E-state index is 5.58. The fourth-order valence-corrected chi connectivity index (χ4v) is 0.611. The van der Waals surface area contributed by atoms with Crippen LogP contribution >= 0.6 is 11.6 Å². The number of benzene rings is 1. The summed E-state index contributed by atoms with van der Waals surface area (Å²) < 4.78 is 0. The smallest absolute Gasteiger partial charge is 0.870 e. The van der Waals surface area contributed by atoms with Gasteiger partial charge in [0.25, 0.3) is 0 Å². The summed E-state index contributed by atoms with van der Waals surface area (Å²) >= 11 is 5.58. The van der Waals surface area contributed by atoms with Gasteiger partial charge < -0.3 is 11.0 Å². The third-order valence-corrected chi connectivity index (χ3v) is 1.25. The van der Waals surface area contributed by atoms with E-state index in [1.807, 2.05) is 12.1 Å². The molecule has 0 radical (unpaired) electrons. The molecule has 0 unspecified atom stereocenters. The van der Waals surface area contributed by atoms with Crippen molar-refractivity contribution in [1.29, 1.82) is 0 Å². The summed E-state index contributed by atoms with van der Waals surface area (Å²) in [5.74, 6) is 0. The van der Waals surface area contributed by atoms with Crippen molar-refractivity contribution in [2.45, 2.75) is 0 Å². The predicted octanol–water partition coefficient (Wildman–Crippen LogP) is 0.780. The van der Waals surface area contributed by atoms with Crippen LogP contribution in [0, 0.1) is 0 Å². The summed E-state index contributed by atoms with van der Waals surface area (Å²) in [6.45, 7) is 0. The first-order chi connectivity index (χ1) is 3.80. The van der Waals surface area contributed by atoms with Crippen LogP contribution in [-0.4, -0.2) is 18.8 Å². The fourth-order valence-electron chi connectivity index (χ4n) is 0.475. The zero-order chi connectivity index (χ0) is 5.98. The quantitative estimate of drug-likeness (QED) is 0.521. The number of hydrogen-bond donors (Lipinski definition) is 0. The van der Waals surface area contributed by atoms with E-state index in [9.17, 15) is 0 Å². The molecule has 0 saturated carbocycles. The van der Waals surface area contributed by atoms with E-state index in [0.717, 1.165) is 0 Å². The number of rotatable bonds is 0. The Labute approximate surface area is 65.8 Å². The Hall–Kier alpha value is -0.505. The van der Waals surface area contributed by atoms with Gasteiger partial charge in [-0.2, -0.15) is 0 Å². The molecule has 0 aliphatic heterocycles. The molecule has 0 spiro atoms. The average Bonchev–Trinajstić information content (AvgIpc) is 1.77. The molecule has 0 saturated heterocycles. The van der Waals surface area contributed by atoms with Crippen LogP contribution in [0.25, 0.3) is 0 Å². The van der Waals surface area contributed by atoms with Gasteiger partial charge in [0, 0.05) is 0 Å². The molecular weight excluding hydrogens is 150 g/mol. The molecule has 2 nitrogen and oxygen atoms in total. The van der Waals surface area contributed by atoms with Crippen molar-refractivity contribution in [3.8, 4) is 0 Å². The topological polar surface area (TPSA) is 60.0 Å². The van der Waals surface area contributed by atoms with Crippen molar-refractivity contribution in [3.05, 3.63) is 29.3 Å². The van der Waals surface area contributed by atoms with Crippen LogP contribution in [0.5, 0.6) is 0 Å². The molecule has 1 aromatic rings. The van der Waals surface area contributed by atoms with Crippen LogP contribution in [-0.2, 0) is 0 Å². The molecule has 0 aliphatic carbocycles. The van der Waals surface area contributed by atoms with Gasteiger partial charge in [-0.25, -0.2) is 0 Å². The molecule has 0 bridgehead atoms. The van der Waals surface area contributed by atoms with Crippen molar-refractivity contribution in [2.24, 2.45) is 0 Å². The summed E-state index contributed by atoms with van der Waals surface area (Å²) in [4.78, 5) is 0. The number of hydrogen-bond acceptors (Lipinski definition) is 2. The summed E-state index contributed by atoms with van der Waals surface area (Å²) in [6, 6.07) is 7.22. The molecule has 0 aromatic heterocycles. The summed E-state index contributed by atoms with van der Waals surface area (Å²) in [6.07, 6.45) is 0. The Morgan fingerprint density at radius 1 is 1.10 bits per heavy atom. The Morgan fingerprint density at radius 2 is 1.60 bits per heavy atom. The monoisotopic (exact) mass is 156 g/mol. The van der Waals surface area contributed by atoms with Gasteiger partial charge in [0.1, 0.15) is 0 Å². The van der Waals surface area contributed by atoms with E-state index in [1.54, 1.807) is 12.1 Å². The minimum absolute atomic E-state index is 0. The Morgan fingerprint density at radius 3 is 1.90 bits per heavy atom. The maximum Gasteiger partial charge on any atom is -0.870 e. The van der Waals surface area contributed by atoms with Crippen molar-refractivity contribution in [1.82, 2.24) is 0 Å². The maximum absolute atomic E-state index is 5.58. The first kappa shape index (κ1) is 12.2. The Bertz CT molecular complexity index is 172.